The molecule has 1 aromatic rings. The van der Waals surface area contributed by atoms with Gasteiger partial charge in [-0.3, -0.25) is 38.4 Å². The molecule has 0 saturated carbocycles. The zero-order valence-corrected chi connectivity index (χ0v) is 34.6. The van der Waals surface area contributed by atoms with Gasteiger partial charge in [-0.2, -0.15) is 0 Å². The molecule has 60 heavy (non-hydrogen) atoms. The summed E-state index contributed by atoms with van der Waals surface area (Å²) in [6, 6.07) is -3.23. The molecule has 0 spiro atoms. The van der Waals surface area contributed by atoms with Gasteiger partial charge in [-0.15, -0.1) is 0 Å². The fourth-order valence-corrected chi connectivity index (χ4v) is 6.35. The standard InChI is InChI=1S/C39H63N9O12/c1-21(2)16-26(45-38(59)30-9-7-15-48(30)39(60)32(41)22(3)4)35(56)47-29(20-50)37(58)43-25(8-5-6-14-40)34(55)44-27(17-23-10-12-24(51)13-11-23)36(57)46-28(19-49)33(54)42-18-31(52)53/h10-13,21-22,25-30,32,49-51H,5-9,14-20,40-41H2,1-4H3,(H,42,54)(H,43,58)(H,44,55)(H,45,59)(H,46,57)(H,47,56)(H,52,53)/t25-,26-,27-,28-,29-,30-,32-/m0/s1. The van der Waals surface area contributed by atoms with Gasteiger partial charge in [0, 0.05) is 13.0 Å². The lowest BCUT2D eigenvalue weighted by molar-refractivity contribution is -0.141. The van der Waals surface area contributed by atoms with Crippen LogP contribution in [-0.2, 0) is 44.8 Å². The third kappa shape index (κ3) is 16.3. The summed E-state index contributed by atoms with van der Waals surface area (Å²) in [5.74, 6) is -7.31. The first-order valence-corrected chi connectivity index (χ1v) is 20.1. The third-order valence-corrected chi connectivity index (χ3v) is 9.82. The Morgan fingerprint density at radius 2 is 1.28 bits per heavy atom. The Labute approximate surface area is 349 Å². The highest BCUT2D eigenvalue weighted by molar-refractivity contribution is 5.97. The number of hydrogen-bond acceptors (Lipinski definition) is 13. The molecule has 2 rings (SSSR count). The van der Waals surface area contributed by atoms with Gasteiger partial charge in [-0.05, 0) is 74.6 Å². The minimum Gasteiger partial charge on any atom is -0.508 e. The summed E-state index contributed by atoms with van der Waals surface area (Å²) in [5, 5.41) is 53.2. The van der Waals surface area contributed by atoms with Gasteiger partial charge in [0.05, 0.1) is 19.3 Å². The zero-order valence-electron chi connectivity index (χ0n) is 34.6. The molecule has 336 valence electrons. The molecule has 0 radical (unpaired) electrons. The second-order valence-electron chi connectivity index (χ2n) is 15.5. The smallest absolute Gasteiger partial charge is 0.322 e. The number of aromatic hydroxyl groups is 1. The van der Waals surface area contributed by atoms with Crippen molar-refractivity contribution in [3.63, 3.8) is 0 Å². The van der Waals surface area contributed by atoms with E-state index >= 15 is 0 Å². The number of amides is 7. The summed E-state index contributed by atoms with van der Waals surface area (Å²) >= 11 is 0. The normalized spacial score (nSPS) is 16.8. The molecule has 1 heterocycles. The molecular formula is C39H63N9O12. The van der Waals surface area contributed by atoms with Crippen molar-refractivity contribution in [2.24, 2.45) is 23.3 Å². The molecule has 7 amide bonds. The molecule has 1 aliphatic heterocycles. The fraction of sp³-hybridized carbons (Fsp3) is 0.641. The number of likely N-dealkylation sites (tertiary alicyclic amines) is 1. The van der Waals surface area contributed by atoms with Crippen LogP contribution in [0.25, 0.3) is 0 Å². The van der Waals surface area contributed by atoms with Crippen LogP contribution in [-0.4, -0.2) is 148 Å². The van der Waals surface area contributed by atoms with Crippen molar-refractivity contribution in [2.75, 3.05) is 32.8 Å². The number of unbranched alkanes of at least 4 members (excludes halogenated alkanes) is 1. The van der Waals surface area contributed by atoms with E-state index < -0.39 is 103 Å². The molecule has 1 fully saturated rings. The van der Waals surface area contributed by atoms with Crippen molar-refractivity contribution in [3.05, 3.63) is 29.8 Å². The molecule has 0 bridgehead atoms. The number of phenols is 1. The SMILES string of the molecule is CC(C)C[C@H](NC(=O)[C@@H]1CCCN1C(=O)[C@@H](N)C(C)C)C(=O)N[C@@H](CO)C(=O)N[C@@H](CCCCN)C(=O)N[C@@H](Cc1ccc(O)cc1)C(=O)N[C@@H](CO)C(=O)NCC(=O)O. The number of hydrogen-bond donors (Lipinski definition) is 12. The Hall–Kier alpha value is -5.38. The number of aliphatic hydroxyl groups is 2. The van der Waals surface area contributed by atoms with E-state index in [2.05, 4.69) is 26.6 Å². The Bertz CT molecular complexity index is 1630. The summed E-state index contributed by atoms with van der Waals surface area (Å²) in [7, 11) is 0. The van der Waals surface area contributed by atoms with Crippen LogP contribution in [0.1, 0.15) is 71.8 Å². The number of nitrogens with one attached hydrogen (secondary N) is 6. The lowest BCUT2D eigenvalue weighted by Gasteiger charge is -2.30. The average molecular weight is 850 g/mol. The van der Waals surface area contributed by atoms with Gasteiger partial charge in [0.1, 0.15) is 48.5 Å². The Morgan fingerprint density at radius 3 is 1.83 bits per heavy atom. The number of rotatable bonds is 25. The van der Waals surface area contributed by atoms with Gasteiger partial charge in [-0.1, -0.05) is 39.8 Å². The number of carboxylic acid groups (broad SMARTS) is 1. The minimum atomic E-state index is -1.60. The number of aliphatic carboxylic acids is 1. The minimum absolute atomic E-state index is 0.00557. The topological polar surface area (TPSA) is 345 Å². The highest BCUT2D eigenvalue weighted by Gasteiger charge is 2.39. The first-order valence-electron chi connectivity index (χ1n) is 20.1. The van der Waals surface area contributed by atoms with Crippen LogP contribution in [0.4, 0.5) is 0 Å². The van der Waals surface area contributed by atoms with Crippen molar-refractivity contribution >= 4 is 47.3 Å². The number of carboxylic acids is 1. The van der Waals surface area contributed by atoms with Crippen molar-refractivity contribution in [2.45, 2.75) is 115 Å². The van der Waals surface area contributed by atoms with Gasteiger partial charge >= 0.3 is 5.97 Å². The van der Waals surface area contributed by atoms with E-state index in [1.54, 1.807) is 13.8 Å². The van der Waals surface area contributed by atoms with Crippen LogP contribution in [0.2, 0.25) is 0 Å². The van der Waals surface area contributed by atoms with Crippen LogP contribution in [0, 0.1) is 11.8 Å². The van der Waals surface area contributed by atoms with Crippen molar-refractivity contribution in [3.8, 4) is 5.75 Å². The van der Waals surface area contributed by atoms with Crippen LogP contribution in [0.5, 0.6) is 5.75 Å². The number of nitrogens with two attached hydrogens (primary N) is 2. The van der Waals surface area contributed by atoms with Gasteiger partial charge < -0.3 is 68.7 Å². The molecule has 0 aromatic heterocycles. The average Bonchev–Trinajstić information content (AvgIpc) is 3.70. The van der Waals surface area contributed by atoms with E-state index in [9.17, 15) is 53.7 Å². The van der Waals surface area contributed by atoms with E-state index in [-0.39, 0.29) is 49.3 Å². The number of carbonyl (C=O) groups is 8. The highest BCUT2D eigenvalue weighted by atomic mass is 16.4. The van der Waals surface area contributed by atoms with E-state index in [0.29, 0.717) is 37.8 Å². The summed E-state index contributed by atoms with van der Waals surface area (Å²) in [4.78, 5) is 106. The molecule has 14 N–H and O–H groups in total. The van der Waals surface area contributed by atoms with Crippen LogP contribution >= 0.6 is 0 Å². The molecular weight excluding hydrogens is 786 g/mol. The largest absolute Gasteiger partial charge is 0.508 e. The number of carbonyl (C=O) groups excluding carboxylic acids is 7. The monoisotopic (exact) mass is 849 g/mol. The number of phenolic OH excluding ortho intramolecular Hbond substituents is 1. The molecule has 0 aliphatic carbocycles. The highest BCUT2D eigenvalue weighted by Crippen LogP contribution is 2.21. The third-order valence-electron chi connectivity index (χ3n) is 9.82. The van der Waals surface area contributed by atoms with Crippen molar-refractivity contribution < 1.29 is 58.8 Å². The molecule has 21 heteroatoms. The van der Waals surface area contributed by atoms with Gasteiger partial charge in [0.25, 0.3) is 0 Å². The maximum atomic E-state index is 13.9. The van der Waals surface area contributed by atoms with Crippen LogP contribution in [0.3, 0.4) is 0 Å². The van der Waals surface area contributed by atoms with Gasteiger partial charge in [-0.25, -0.2) is 0 Å². The predicted molar refractivity (Wildman–Crippen MR) is 216 cm³/mol. The zero-order chi connectivity index (χ0) is 45.1. The molecule has 7 atom stereocenters. The summed E-state index contributed by atoms with van der Waals surface area (Å²) in [6.07, 6.45) is 1.60. The number of aliphatic hydroxyl groups excluding tert-OH is 2. The quantitative estimate of drug-likeness (QED) is 0.0429. The van der Waals surface area contributed by atoms with E-state index in [1.807, 2.05) is 19.2 Å². The Balaban J connectivity index is 2.29. The van der Waals surface area contributed by atoms with Crippen molar-refractivity contribution in [1.29, 1.82) is 0 Å². The van der Waals surface area contributed by atoms with Crippen LogP contribution < -0.4 is 43.4 Å². The second kappa shape index (κ2) is 25.3. The molecule has 1 aliphatic rings. The van der Waals surface area contributed by atoms with E-state index in [4.69, 9.17) is 16.6 Å². The number of nitrogens with zero attached hydrogens (tertiary/aromatic N) is 1. The first-order chi connectivity index (χ1) is 28.3. The lowest BCUT2D eigenvalue weighted by atomic mass is 10.0. The van der Waals surface area contributed by atoms with E-state index in [1.165, 1.54) is 29.2 Å². The van der Waals surface area contributed by atoms with Gasteiger partial charge in [0.2, 0.25) is 41.4 Å². The predicted octanol–water partition coefficient (Wildman–Crippen LogP) is -3.31. The fourth-order valence-electron chi connectivity index (χ4n) is 6.35. The summed E-state index contributed by atoms with van der Waals surface area (Å²) < 4.78 is 0. The molecule has 1 saturated heterocycles. The molecule has 21 nitrogen and oxygen atoms in total. The molecule has 1 aromatic carbocycles. The first kappa shape index (κ1) is 50.8. The second-order valence-corrected chi connectivity index (χ2v) is 15.5. The van der Waals surface area contributed by atoms with Gasteiger partial charge in [0.15, 0.2) is 0 Å². The number of benzene rings is 1. The maximum absolute atomic E-state index is 13.9. The summed E-state index contributed by atoms with van der Waals surface area (Å²) in [6.45, 7) is 5.16. The lowest BCUT2D eigenvalue weighted by Crippen LogP contribution is -2.61. The summed E-state index contributed by atoms with van der Waals surface area (Å²) in [5.41, 5.74) is 12.2. The Kier molecular flexibility index (Phi) is 21.4. The van der Waals surface area contributed by atoms with Crippen molar-refractivity contribution in [1.82, 2.24) is 36.8 Å². The Morgan fingerprint density at radius 1 is 0.750 bits per heavy atom. The van der Waals surface area contributed by atoms with E-state index in [0.717, 1.165) is 0 Å². The molecule has 0 unspecified atom stereocenters. The maximum Gasteiger partial charge on any atom is 0.322 e. The van der Waals surface area contributed by atoms with Crippen LogP contribution in [0.15, 0.2) is 24.3 Å².